The quantitative estimate of drug-likeness (QED) is 0.654. The molecule has 0 saturated carbocycles. The predicted molar refractivity (Wildman–Crippen MR) is 115 cm³/mol. The van der Waals surface area contributed by atoms with E-state index in [0.717, 1.165) is 5.56 Å². The Balaban J connectivity index is 1.83. The van der Waals surface area contributed by atoms with Gasteiger partial charge in [0.05, 0.1) is 17.7 Å². The predicted octanol–water partition coefficient (Wildman–Crippen LogP) is 4.38. The number of aryl methyl sites for hydroxylation is 1. The summed E-state index contributed by atoms with van der Waals surface area (Å²) in [6, 6.07) is 9.12. The second kappa shape index (κ2) is 7.80. The van der Waals surface area contributed by atoms with Gasteiger partial charge in [-0.15, -0.1) is 0 Å². The first kappa shape index (κ1) is 21.6. The molecule has 1 aromatic carbocycles. The van der Waals surface area contributed by atoms with Crippen molar-refractivity contribution < 1.29 is 23.8 Å². The largest absolute Gasteiger partial charge is 0.443 e. The SMILES string of the molecule is Cc1cc(-c2ccc(Cl)cc2)nn1C1=C(OC(=O)C(C)(C)C)C2(CCCOC2)OC1=O. The lowest BCUT2D eigenvalue weighted by molar-refractivity contribution is -0.167. The summed E-state index contributed by atoms with van der Waals surface area (Å²) in [4.78, 5) is 25.8. The van der Waals surface area contributed by atoms with Crippen LogP contribution in [0.25, 0.3) is 17.0 Å². The van der Waals surface area contributed by atoms with Crippen molar-refractivity contribution in [1.82, 2.24) is 9.78 Å². The van der Waals surface area contributed by atoms with Crippen LogP contribution in [0.3, 0.4) is 0 Å². The van der Waals surface area contributed by atoms with E-state index in [1.807, 2.05) is 25.1 Å². The van der Waals surface area contributed by atoms with E-state index >= 15 is 0 Å². The highest BCUT2D eigenvalue weighted by Gasteiger charge is 2.53. The summed E-state index contributed by atoms with van der Waals surface area (Å²) in [6.07, 6.45) is 1.20. The van der Waals surface area contributed by atoms with Crippen LogP contribution in [-0.2, 0) is 23.8 Å². The van der Waals surface area contributed by atoms with Crippen molar-refractivity contribution in [3.8, 4) is 11.3 Å². The number of hydrogen-bond donors (Lipinski definition) is 0. The fourth-order valence-corrected chi connectivity index (χ4v) is 3.77. The molecule has 1 unspecified atom stereocenters. The Morgan fingerprint density at radius 3 is 2.58 bits per heavy atom. The van der Waals surface area contributed by atoms with Gasteiger partial charge in [0.15, 0.2) is 17.1 Å². The maximum absolute atomic E-state index is 13.0. The van der Waals surface area contributed by atoms with Crippen molar-refractivity contribution in [2.75, 3.05) is 13.2 Å². The topological polar surface area (TPSA) is 79.7 Å². The summed E-state index contributed by atoms with van der Waals surface area (Å²) in [5, 5.41) is 5.25. The van der Waals surface area contributed by atoms with Gasteiger partial charge in [-0.05, 0) is 58.7 Å². The molecular weight excluding hydrogens is 420 g/mol. The van der Waals surface area contributed by atoms with E-state index in [-0.39, 0.29) is 18.1 Å². The minimum Gasteiger partial charge on any atom is -0.443 e. The van der Waals surface area contributed by atoms with E-state index in [1.165, 1.54) is 4.68 Å². The van der Waals surface area contributed by atoms with Crippen molar-refractivity contribution in [1.29, 1.82) is 0 Å². The summed E-state index contributed by atoms with van der Waals surface area (Å²) in [5.41, 5.74) is 0.452. The summed E-state index contributed by atoms with van der Waals surface area (Å²) < 4.78 is 18.7. The molecule has 1 fully saturated rings. The van der Waals surface area contributed by atoms with Gasteiger partial charge in [-0.2, -0.15) is 5.10 Å². The third kappa shape index (κ3) is 4.00. The molecule has 1 spiro atoms. The number of benzene rings is 1. The smallest absolute Gasteiger partial charge is 0.361 e. The van der Waals surface area contributed by atoms with Gasteiger partial charge < -0.3 is 14.2 Å². The van der Waals surface area contributed by atoms with Crippen molar-refractivity contribution >= 4 is 29.2 Å². The van der Waals surface area contributed by atoms with Crippen molar-refractivity contribution in [3.05, 3.63) is 46.8 Å². The van der Waals surface area contributed by atoms with Gasteiger partial charge in [-0.1, -0.05) is 23.7 Å². The number of nitrogens with zero attached hydrogens (tertiary/aromatic N) is 2. The monoisotopic (exact) mass is 444 g/mol. The first-order valence-corrected chi connectivity index (χ1v) is 10.6. The highest BCUT2D eigenvalue weighted by molar-refractivity contribution is 6.30. The molecule has 0 radical (unpaired) electrons. The number of halogens is 1. The summed E-state index contributed by atoms with van der Waals surface area (Å²) in [5.74, 6) is -0.868. The summed E-state index contributed by atoms with van der Waals surface area (Å²) in [6.45, 7) is 7.81. The summed E-state index contributed by atoms with van der Waals surface area (Å²) in [7, 11) is 0. The number of aromatic nitrogens is 2. The van der Waals surface area contributed by atoms with Crippen LogP contribution in [0, 0.1) is 12.3 Å². The molecule has 1 atom stereocenters. The van der Waals surface area contributed by atoms with E-state index in [1.54, 1.807) is 32.9 Å². The Labute approximate surface area is 185 Å². The number of carbonyl (C=O) groups excluding carboxylic acids is 2. The lowest BCUT2D eigenvalue weighted by Gasteiger charge is -2.33. The Kier molecular flexibility index (Phi) is 5.43. The normalized spacial score (nSPS) is 21.5. The number of ether oxygens (including phenoxy) is 3. The minimum absolute atomic E-state index is 0.112. The third-order valence-electron chi connectivity index (χ3n) is 5.36. The van der Waals surface area contributed by atoms with E-state index in [2.05, 4.69) is 5.10 Å². The first-order valence-electron chi connectivity index (χ1n) is 10.2. The molecule has 1 aromatic heterocycles. The maximum atomic E-state index is 13.0. The molecular formula is C23H25ClN2O5. The van der Waals surface area contributed by atoms with E-state index in [4.69, 9.17) is 25.8 Å². The molecule has 4 rings (SSSR count). The standard InChI is InChI=1S/C23H25ClN2O5/c1-14-12-17(15-6-8-16(24)9-7-15)25-26(14)18-19(30-21(28)22(2,3)4)23(31-20(18)27)10-5-11-29-13-23/h6-9,12H,5,10-11,13H2,1-4H3. The van der Waals surface area contributed by atoms with E-state index in [0.29, 0.717) is 35.9 Å². The molecule has 2 aliphatic heterocycles. The van der Waals surface area contributed by atoms with Gasteiger partial charge in [0.2, 0.25) is 0 Å². The molecule has 0 aliphatic carbocycles. The van der Waals surface area contributed by atoms with Crippen LogP contribution in [0.15, 0.2) is 36.1 Å². The van der Waals surface area contributed by atoms with Gasteiger partial charge in [-0.25, -0.2) is 9.48 Å². The van der Waals surface area contributed by atoms with Gasteiger partial charge in [0.25, 0.3) is 0 Å². The number of carbonyl (C=O) groups is 2. The minimum atomic E-state index is -1.12. The van der Waals surface area contributed by atoms with Gasteiger partial charge in [-0.3, -0.25) is 4.79 Å². The molecule has 0 N–H and O–H groups in total. The van der Waals surface area contributed by atoms with Crippen LogP contribution in [-0.4, -0.2) is 40.5 Å². The average molecular weight is 445 g/mol. The second-order valence-corrected chi connectivity index (χ2v) is 9.38. The molecule has 2 aromatic rings. The molecule has 3 heterocycles. The number of rotatable bonds is 3. The van der Waals surface area contributed by atoms with Crippen LogP contribution in [0.5, 0.6) is 0 Å². The zero-order chi connectivity index (χ0) is 22.4. The van der Waals surface area contributed by atoms with Crippen molar-refractivity contribution in [3.63, 3.8) is 0 Å². The molecule has 0 amide bonds. The Morgan fingerprint density at radius 2 is 1.97 bits per heavy atom. The van der Waals surface area contributed by atoms with Crippen LogP contribution in [0.2, 0.25) is 5.02 Å². The lowest BCUT2D eigenvalue weighted by Crippen LogP contribution is -2.43. The zero-order valence-corrected chi connectivity index (χ0v) is 18.8. The molecule has 7 nitrogen and oxygen atoms in total. The fourth-order valence-electron chi connectivity index (χ4n) is 3.64. The fraction of sp³-hybridized carbons (Fsp3) is 0.435. The molecule has 2 aliphatic rings. The Morgan fingerprint density at radius 1 is 1.26 bits per heavy atom. The second-order valence-electron chi connectivity index (χ2n) is 8.95. The lowest BCUT2D eigenvalue weighted by atomic mass is 9.93. The highest BCUT2D eigenvalue weighted by atomic mass is 35.5. The zero-order valence-electron chi connectivity index (χ0n) is 18.0. The first-order chi connectivity index (χ1) is 14.6. The Bertz CT molecular complexity index is 1060. The van der Waals surface area contributed by atoms with Crippen LogP contribution < -0.4 is 0 Å². The molecule has 164 valence electrons. The summed E-state index contributed by atoms with van der Waals surface area (Å²) >= 11 is 5.99. The highest BCUT2D eigenvalue weighted by Crippen LogP contribution is 2.43. The molecule has 0 bridgehead atoms. The maximum Gasteiger partial charge on any atom is 0.361 e. The van der Waals surface area contributed by atoms with Crippen LogP contribution in [0.1, 0.15) is 39.3 Å². The van der Waals surface area contributed by atoms with Gasteiger partial charge in [0.1, 0.15) is 0 Å². The van der Waals surface area contributed by atoms with E-state index in [9.17, 15) is 9.59 Å². The molecule has 8 heteroatoms. The van der Waals surface area contributed by atoms with Gasteiger partial charge in [0, 0.05) is 22.9 Å². The van der Waals surface area contributed by atoms with Crippen molar-refractivity contribution in [2.45, 2.75) is 46.1 Å². The number of hydrogen-bond acceptors (Lipinski definition) is 6. The number of esters is 2. The van der Waals surface area contributed by atoms with Crippen LogP contribution >= 0.6 is 11.6 Å². The Hall–Kier alpha value is -2.64. The molecule has 1 saturated heterocycles. The van der Waals surface area contributed by atoms with Crippen LogP contribution in [0.4, 0.5) is 0 Å². The third-order valence-corrected chi connectivity index (χ3v) is 5.61. The van der Waals surface area contributed by atoms with Gasteiger partial charge >= 0.3 is 11.9 Å². The van der Waals surface area contributed by atoms with Crippen molar-refractivity contribution in [2.24, 2.45) is 5.41 Å². The molecule has 31 heavy (non-hydrogen) atoms. The van der Waals surface area contributed by atoms with E-state index < -0.39 is 23.0 Å². The average Bonchev–Trinajstić information content (AvgIpc) is 3.20.